The van der Waals surface area contributed by atoms with E-state index in [9.17, 15) is 4.79 Å². The molecule has 96 valence electrons. The Morgan fingerprint density at radius 3 is 3.00 bits per heavy atom. The van der Waals surface area contributed by atoms with E-state index < -0.39 is 0 Å². The van der Waals surface area contributed by atoms with Crippen molar-refractivity contribution in [2.45, 2.75) is 13.3 Å². The topological polar surface area (TPSA) is 62.3 Å². The summed E-state index contributed by atoms with van der Waals surface area (Å²) in [5, 5.41) is 11.0. The zero-order valence-corrected chi connectivity index (χ0v) is 10.9. The Balaban J connectivity index is 2.44. The number of aliphatic hydroxyl groups is 1. The molecule has 0 bridgehead atoms. The first-order valence-electron chi connectivity index (χ1n) is 5.80. The number of aliphatic hydroxyl groups excluding tert-OH is 1. The smallest absolute Gasteiger partial charge is 0.340 e. The van der Waals surface area contributed by atoms with E-state index in [0.717, 1.165) is 16.1 Å². The minimum Gasteiger partial charge on any atom is -0.462 e. The highest BCUT2D eigenvalue weighted by Crippen LogP contribution is 2.30. The van der Waals surface area contributed by atoms with Gasteiger partial charge in [0.2, 0.25) is 0 Å². The Labute approximate surface area is 109 Å². The lowest BCUT2D eigenvalue weighted by molar-refractivity contribution is 0.0526. The van der Waals surface area contributed by atoms with Crippen molar-refractivity contribution in [2.75, 3.05) is 13.2 Å². The first-order chi connectivity index (χ1) is 8.77. The van der Waals surface area contributed by atoms with E-state index in [1.807, 2.05) is 17.5 Å². The molecule has 2 N–H and O–H groups in total. The molecule has 0 aliphatic rings. The van der Waals surface area contributed by atoms with Crippen LogP contribution in [0.2, 0.25) is 0 Å². The normalized spacial score (nSPS) is 10.6. The lowest BCUT2D eigenvalue weighted by atomic mass is 10.1. The molecule has 0 saturated carbocycles. The maximum Gasteiger partial charge on any atom is 0.340 e. The number of nitrogens with one attached hydrogen (secondary N) is 1. The van der Waals surface area contributed by atoms with E-state index >= 15 is 0 Å². The van der Waals surface area contributed by atoms with Crippen molar-refractivity contribution in [3.05, 3.63) is 34.8 Å². The molecule has 0 radical (unpaired) electrons. The second-order valence-corrected chi connectivity index (χ2v) is 4.68. The van der Waals surface area contributed by atoms with Crippen molar-refractivity contribution in [1.82, 2.24) is 4.98 Å². The average Bonchev–Trinajstić information content (AvgIpc) is 2.97. The Kier molecular flexibility index (Phi) is 4.17. The highest BCUT2D eigenvalue weighted by atomic mass is 32.1. The van der Waals surface area contributed by atoms with Gasteiger partial charge in [0.1, 0.15) is 0 Å². The number of hydrogen-bond acceptors (Lipinski definition) is 4. The van der Waals surface area contributed by atoms with Gasteiger partial charge in [-0.05, 0) is 30.4 Å². The van der Waals surface area contributed by atoms with Crippen LogP contribution in [0.15, 0.2) is 23.7 Å². The minimum atomic E-state index is -0.342. The third-order valence-electron chi connectivity index (χ3n) is 2.59. The molecule has 4 nitrogen and oxygen atoms in total. The summed E-state index contributed by atoms with van der Waals surface area (Å²) in [4.78, 5) is 16.1. The number of aromatic amines is 1. The number of thiophene rings is 1. The second-order valence-electron chi connectivity index (χ2n) is 3.74. The number of rotatable bonds is 5. The summed E-state index contributed by atoms with van der Waals surface area (Å²) < 4.78 is 5.08. The Hall–Kier alpha value is -1.59. The third kappa shape index (κ3) is 2.47. The van der Waals surface area contributed by atoms with Gasteiger partial charge in [-0.25, -0.2) is 4.79 Å². The molecule has 0 amide bonds. The van der Waals surface area contributed by atoms with E-state index in [0.29, 0.717) is 18.6 Å². The molecule has 0 aliphatic heterocycles. The molecule has 0 unspecified atom stereocenters. The van der Waals surface area contributed by atoms with Crippen molar-refractivity contribution in [3.8, 4) is 10.6 Å². The Morgan fingerprint density at radius 1 is 1.56 bits per heavy atom. The molecule has 0 aliphatic carbocycles. The molecule has 2 rings (SSSR count). The first kappa shape index (κ1) is 12.9. The zero-order chi connectivity index (χ0) is 13.0. The van der Waals surface area contributed by atoms with Crippen LogP contribution in [0.3, 0.4) is 0 Å². The molecule has 2 aromatic rings. The van der Waals surface area contributed by atoms with Gasteiger partial charge in [0.25, 0.3) is 0 Å². The third-order valence-corrected chi connectivity index (χ3v) is 3.48. The molecule has 0 spiro atoms. The van der Waals surface area contributed by atoms with E-state index in [1.165, 1.54) is 0 Å². The van der Waals surface area contributed by atoms with E-state index in [1.54, 1.807) is 24.5 Å². The van der Waals surface area contributed by atoms with Gasteiger partial charge in [0.05, 0.1) is 22.7 Å². The molecule has 5 heteroatoms. The van der Waals surface area contributed by atoms with Crippen LogP contribution in [0, 0.1) is 0 Å². The van der Waals surface area contributed by atoms with Crippen LogP contribution >= 0.6 is 11.3 Å². The molecular formula is C13H15NO3S. The Morgan fingerprint density at radius 2 is 2.39 bits per heavy atom. The van der Waals surface area contributed by atoms with E-state index in [4.69, 9.17) is 9.84 Å². The van der Waals surface area contributed by atoms with Crippen molar-refractivity contribution in [1.29, 1.82) is 0 Å². The molecule has 0 aromatic carbocycles. The van der Waals surface area contributed by atoms with Gasteiger partial charge in [-0.1, -0.05) is 6.07 Å². The van der Waals surface area contributed by atoms with Gasteiger partial charge < -0.3 is 14.8 Å². The summed E-state index contributed by atoms with van der Waals surface area (Å²) in [6, 6.07) is 3.88. The summed E-state index contributed by atoms with van der Waals surface area (Å²) >= 11 is 1.56. The lowest BCUT2D eigenvalue weighted by Gasteiger charge is -2.05. The quantitative estimate of drug-likeness (QED) is 0.816. The predicted octanol–water partition coefficient (Wildman–Crippen LogP) is 2.45. The number of carbonyl (C=O) groups is 1. The average molecular weight is 265 g/mol. The highest BCUT2D eigenvalue weighted by Gasteiger charge is 2.20. The summed E-state index contributed by atoms with van der Waals surface area (Å²) in [5.74, 6) is -0.342. The van der Waals surface area contributed by atoms with Gasteiger partial charge in [-0.3, -0.25) is 0 Å². The molecule has 2 heterocycles. The highest BCUT2D eigenvalue weighted by molar-refractivity contribution is 7.13. The van der Waals surface area contributed by atoms with Crippen LogP contribution in [0.1, 0.15) is 22.8 Å². The van der Waals surface area contributed by atoms with Gasteiger partial charge in [0, 0.05) is 12.8 Å². The van der Waals surface area contributed by atoms with Crippen LogP contribution in [-0.2, 0) is 11.2 Å². The van der Waals surface area contributed by atoms with Gasteiger partial charge in [-0.2, -0.15) is 0 Å². The first-order valence-corrected chi connectivity index (χ1v) is 6.68. The maximum absolute atomic E-state index is 12.0. The van der Waals surface area contributed by atoms with Gasteiger partial charge >= 0.3 is 5.97 Å². The van der Waals surface area contributed by atoms with E-state index in [-0.39, 0.29) is 12.6 Å². The molecule has 18 heavy (non-hydrogen) atoms. The zero-order valence-electron chi connectivity index (χ0n) is 10.1. The largest absolute Gasteiger partial charge is 0.462 e. The number of ether oxygens (including phenoxy) is 1. The number of aromatic nitrogens is 1. The van der Waals surface area contributed by atoms with E-state index in [2.05, 4.69) is 4.98 Å². The standard InChI is InChI=1S/C13H15NO3S/c1-2-17-13(16)11-9(5-6-15)8-14-12(11)10-4-3-7-18-10/h3-4,7-8,14-15H,2,5-6H2,1H3. The SMILES string of the molecule is CCOC(=O)c1c(CCO)c[nH]c1-c1cccs1. The Bertz CT molecular complexity index is 516. The minimum absolute atomic E-state index is 0.00807. The molecule has 0 saturated heterocycles. The fourth-order valence-corrected chi connectivity index (χ4v) is 2.57. The molecular weight excluding hydrogens is 250 g/mol. The molecule has 2 aromatic heterocycles. The monoisotopic (exact) mass is 265 g/mol. The summed E-state index contributed by atoms with van der Waals surface area (Å²) in [5.41, 5.74) is 2.10. The summed E-state index contributed by atoms with van der Waals surface area (Å²) in [6.45, 7) is 2.13. The fraction of sp³-hybridized carbons (Fsp3) is 0.308. The number of H-pyrrole nitrogens is 1. The van der Waals surface area contributed by atoms with Crippen LogP contribution < -0.4 is 0 Å². The predicted molar refractivity (Wildman–Crippen MR) is 70.9 cm³/mol. The van der Waals surface area contributed by atoms with Crippen LogP contribution in [-0.4, -0.2) is 29.3 Å². The number of esters is 1. The van der Waals surface area contributed by atoms with Gasteiger partial charge in [0.15, 0.2) is 0 Å². The van der Waals surface area contributed by atoms with Crippen LogP contribution in [0.5, 0.6) is 0 Å². The van der Waals surface area contributed by atoms with Crippen LogP contribution in [0.4, 0.5) is 0 Å². The summed E-state index contributed by atoms with van der Waals surface area (Å²) in [7, 11) is 0. The van der Waals surface area contributed by atoms with Gasteiger partial charge in [-0.15, -0.1) is 11.3 Å². The fourth-order valence-electron chi connectivity index (χ4n) is 1.83. The van der Waals surface area contributed by atoms with Crippen molar-refractivity contribution < 1.29 is 14.6 Å². The summed E-state index contributed by atoms with van der Waals surface area (Å²) in [6.07, 6.45) is 2.20. The maximum atomic E-state index is 12.0. The molecule has 0 fully saturated rings. The van der Waals surface area contributed by atoms with Crippen molar-refractivity contribution in [2.24, 2.45) is 0 Å². The number of hydrogen-bond donors (Lipinski definition) is 2. The van der Waals surface area contributed by atoms with Crippen molar-refractivity contribution >= 4 is 17.3 Å². The van der Waals surface area contributed by atoms with Crippen molar-refractivity contribution in [3.63, 3.8) is 0 Å². The lowest BCUT2D eigenvalue weighted by Crippen LogP contribution is -2.08. The molecule has 0 atom stereocenters. The number of carbonyl (C=O) groups excluding carboxylic acids is 1. The van der Waals surface area contributed by atoms with Crippen LogP contribution in [0.25, 0.3) is 10.6 Å². The second kappa shape index (κ2) is 5.84.